The van der Waals surface area contributed by atoms with Gasteiger partial charge >= 0.3 is 22.0 Å². The molecule has 1 atom stereocenters. The maximum absolute atomic E-state index is 14.1. The second-order valence-electron chi connectivity index (χ2n) is 9.14. The van der Waals surface area contributed by atoms with E-state index in [1.165, 1.54) is 12.1 Å². The van der Waals surface area contributed by atoms with Gasteiger partial charge in [-0.1, -0.05) is 11.6 Å². The molecule has 5 rings (SSSR count). The van der Waals surface area contributed by atoms with Crippen LogP contribution in [-0.2, 0) is 16.2 Å². The lowest BCUT2D eigenvalue weighted by atomic mass is 9.93. The summed E-state index contributed by atoms with van der Waals surface area (Å²) in [5, 5.41) is 8.28. The molecule has 1 aromatic heterocycles. The normalized spacial score (nSPS) is 15.0. The number of rotatable bonds is 6. The standard InChI is InChI=1S/C26H14ClF7N4O4S/c27-19-2-1-15(28)8-17(19)22-21-18(24(40)37-22)5-11(13-9-35-38(10-13)43(41,42)25(30)31)6-20(21)36-23(39)12-3-14(26(32,33)34)7-16(29)4-12/h1-10,22,25H,(H,36,39)(H,37,40)/t22-/m1/s1. The lowest BCUT2D eigenvalue weighted by molar-refractivity contribution is -0.137. The summed E-state index contributed by atoms with van der Waals surface area (Å²) >= 11 is 6.24. The molecule has 2 amide bonds. The van der Waals surface area contributed by atoms with E-state index in [1.54, 1.807) is 0 Å². The molecule has 0 fully saturated rings. The number of halogens is 8. The van der Waals surface area contributed by atoms with Gasteiger partial charge in [0, 0.05) is 38.5 Å². The molecule has 17 heteroatoms. The predicted molar refractivity (Wildman–Crippen MR) is 138 cm³/mol. The van der Waals surface area contributed by atoms with Crippen LogP contribution in [0.2, 0.25) is 5.02 Å². The fraction of sp³-hybridized carbons (Fsp3) is 0.115. The number of carbonyl (C=O) groups excluding carboxylic acids is 2. The van der Waals surface area contributed by atoms with Crippen LogP contribution < -0.4 is 10.6 Å². The van der Waals surface area contributed by atoms with Gasteiger partial charge in [-0.15, -0.1) is 0 Å². The molecule has 4 aromatic rings. The van der Waals surface area contributed by atoms with Crippen LogP contribution in [0.25, 0.3) is 11.1 Å². The Bertz CT molecular complexity index is 1910. The summed E-state index contributed by atoms with van der Waals surface area (Å²) in [5.74, 6) is -7.95. The summed E-state index contributed by atoms with van der Waals surface area (Å²) < 4.78 is 118. The van der Waals surface area contributed by atoms with Crippen LogP contribution in [0.15, 0.2) is 60.9 Å². The second kappa shape index (κ2) is 10.7. The third-order valence-electron chi connectivity index (χ3n) is 6.37. The van der Waals surface area contributed by atoms with Crippen LogP contribution in [0, 0.1) is 11.6 Å². The molecular formula is C26H14ClF7N4O4S. The van der Waals surface area contributed by atoms with Crippen LogP contribution in [-0.4, -0.2) is 35.2 Å². The number of anilines is 1. The van der Waals surface area contributed by atoms with E-state index in [0.717, 1.165) is 24.4 Å². The van der Waals surface area contributed by atoms with Crippen molar-refractivity contribution >= 4 is 39.1 Å². The lowest BCUT2D eigenvalue weighted by Crippen LogP contribution is -2.21. The Kier molecular flexibility index (Phi) is 7.46. The topological polar surface area (TPSA) is 110 Å². The zero-order valence-corrected chi connectivity index (χ0v) is 22.5. The summed E-state index contributed by atoms with van der Waals surface area (Å²) in [7, 11) is -5.18. The van der Waals surface area contributed by atoms with Crippen LogP contribution in [0.4, 0.5) is 36.4 Å². The summed E-state index contributed by atoms with van der Waals surface area (Å²) in [6, 6.07) is 5.52. The second-order valence-corrected chi connectivity index (χ2v) is 11.3. The van der Waals surface area contributed by atoms with E-state index in [-0.39, 0.29) is 48.7 Å². The van der Waals surface area contributed by atoms with Crippen molar-refractivity contribution in [3.8, 4) is 11.1 Å². The number of alkyl halides is 5. The van der Waals surface area contributed by atoms with Crippen LogP contribution in [0.5, 0.6) is 0 Å². The zero-order chi connectivity index (χ0) is 31.4. The van der Waals surface area contributed by atoms with Crippen molar-refractivity contribution in [2.45, 2.75) is 18.0 Å². The van der Waals surface area contributed by atoms with Crippen molar-refractivity contribution < 1.29 is 48.7 Å². The first-order valence-corrected chi connectivity index (χ1v) is 13.6. The van der Waals surface area contributed by atoms with Crippen molar-refractivity contribution in [3.05, 3.63) is 105 Å². The molecule has 0 saturated heterocycles. The fourth-order valence-electron chi connectivity index (χ4n) is 4.43. The highest BCUT2D eigenvalue weighted by atomic mass is 35.5. The van der Waals surface area contributed by atoms with Gasteiger partial charge in [0.1, 0.15) is 11.6 Å². The molecule has 0 saturated carbocycles. The van der Waals surface area contributed by atoms with Crippen molar-refractivity contribution in [2.75, 3.05) is 5.32 Å². The number of amides is 2. The maximum atomic E-state index is 14.1. The smallest absolute Gasteiger partial charge is 0.341 e. The molecule has 2 N–H and O–H groups in total. The summed E-state index contributed by atoms with van der Waals surface area (Å²) in [5.41, 5.74) is -2.77. The predicted octanol–water partition coefficient (Wildman–Crippen LogP) is 5.99. The van der Waals surface area contributed by atoms with Crippen LogP contribution >= 0.6 is 11.6 Å². The Morgan fingerprint density at radius 2 is 1.74 bits per heavy atom. The fourth-order valence-corrected chi connectivity index (χ4v) is 5.25. The van der Waals surface area contributed by atoms with Crippen LogP contribution in [0.3, 0.4) is 0 Å². The first kappa shape index (κ1) is 30.0. The first-order valence-electron chi connectivity index (χ1n) is 11.8. The van der Waals surface area contributed by atoms with Crippen molar-refractivity contribution in [3.63, 3.8) is 0 Å². The molecule has 3 aromatic carbocycles. The average Bonchev–Trinajstić information content (AvgIpc) is 3.55. The van der Waals surface area contributed by atoms with Gasteiger partial charge in [0.25, 0.3) is 11.8 Å². The Hall–Kier alpha value is -4.44. The van der Waals surface area contributed by atoms with Crippen molar-refractivity contribution in [1.29, 1.82) is 0 Å². The molecule has 0 radical (unpaired) electrons. The van der Waals surface area contributed by atoms with Gasteiger partial charge in [-0.3, -0.25) is 9.59 Å². The number of nitrogens with zero attached hydrogens (tertiary/aromatic N) is 2. The Morgan fingerprint density at radius 3 is 2.42 bits per heavy atom. The lowest BCUT2D eigenvalue weighted by Gasteiger charge is -2.19. The SMILES string of the molecule is O=C(Nc1cc(-c2cnn(S(=O)(=O)C(F)F)c2)cc2c1[C@@H](c1cc(F)ccc1Cl)NC2=O)c1cc(F)cc(C(F)(F)F)c1. The number of hydrogen-bond acceptors (Lipinski definition) is 5. The van der Waals surface area contributed by atoms with E-state index >= 15 is 0 Å². The molecule has 2 heterocycles. The summed E-state index contributed by atoms with van der Waals surface area (Å²) in [6.07, 6.45) is -3.40. The number of carbonyl (C=O) groups is 2. The Balaban J connectivity index is 1.67. The molecular weight excluding hydrogens is 633 g/mol. The zero-order valence-electron chi connectivity index (χ0n) is 20.9. The van der Waals surface area contributed by atoms with Gasteiger partial charge in [0.2, 0.25) is 0 Å². The average molecular weight is 647 g/mol. The minimum absolute atomic E-state index is 0.000616. The van der Waals surface area contributed by atoms with Gasteiger partial charge < -0.3 is 10.6 Å². The monoisotopic (exact) mass is 646 g/mol. The van der Waals surface area contributed by atoms with Crippen molar-refractivity contribution in [2.24, 2.45) is 0 Å². The van der Waals surface area contributed by atoms with Crippen LogP contribution in [0.1, 0.15) is 43.4 Å². The highest BCUT2D eigenvalue weighted by Gasteiger charge is 2.36. The number of aromatic nitrogens is 2. The highest BCUT2D eigenvalue weighted by Crippen LogP contribution is 2.42. The van der Waals surface area contributed by atoms with Gasteiger partial charge in [-0.2, -0.15) is 39.6 Å². The molecule has 43 heavy (non-hydrogen) atoms. The molecule has 224 valence electrons. The highest BCUT2D eigenvalue weighted by molar-refractivity contribution is 7.90. The van der Waals surface area contributed by atoms with E-state index in [4.69, 9.17) is 11.6 Å². The number of fused-ring (bicyclic) bond motifs is 1. The van der Waals surface area contributed by atoms with Gasteiger partial charge in [0.15, 0.2) is 0 Å². The summed E-state index contributed by atoms with van der Waals surface area (Å²) in [4.78, 5) is 26.2. The number of nitrogens with one attached hydrogen (secondary N) is 2. The van der Waals surface area contributed by atoms with E-state index in [1.807, 2.05) is 0 Å². The van der Waals surface area contributed by atoms with E-state index in [2.05, 4.69) is 15.7 Å². The molecule has 1 aliphatic rings. The third-order valence-corrected chi connectivity index (χ3v) is 7.89. The van der Waals surface area contributed by atoms with E-state index < -0.39 is 62.6 Å². The summed E-state index contributed by atoms with van der Waals surface area (Å²) in [6.45, 7) is 0. The quantitative estimate of drug-likeness (QED) is 0.250. The van der Waals surface area contributed by atoms with Crippen molar-refractivity contribution in [1.82, 2.24) is 14.5 Å². The van der Waals surface area contributed by atoms with E-state index in [0.29, 0.717) is 18.3 Å². The van der Waals surface area contributed by atoms with Gasteiger partial charge in [-0.05, 0) is 54.1 Å². The molecule has 0 bridgehead atoms. The molecule has 1 aliphatic heterocycles. The Morgan fingerprint density at radius 1 is 1.02 bits per heavy atom. The minimum atomic E-state index is -5.18. The van der Waals surface area contributed by atoms with Gasteiger partial charge in [0.05, 0.1) is 24.0 Å². The van der Waals surface area contributed by atoms with Gasteiger partial charge in [-0.25, -0.2) is 8.78 Å². The molecule has 0 unspecified atom stereocenters. The number of benzene rings is 3. The first-order chi connectivity index (χ1) is 20.1. The van der Waals surface area contributed by atoms with E-state index in [9.17, 15) is 48.7 Å². The third kappa shape index (κ3) is 5.67. The Labute approximate surface area is 242 Å². The largest absolute Gasteiger partial charge is 0.416 e. The number of hydrogen-bond donors (Lipinski definition) is 2. The molecule has 0 aliphatic carbocycles. The molecule has 8 nitrogen and oxygen atoms in total. The molecule has 0 spiro atoms. The maximum Gasteiger partial charge on any atom is 0.416 e. The minimum Gasteiger partial charge on any atom is -0.341 e.